The van der Waals surface area contributed by atoms with Crippen molar-refractivity contribution in [2.75, 3.05) is 0 Å². The van der Waals surface area contributed by atoms with Crippen LogP contribution in [0.25, 0.3) is 0 Å². The summed E-state index contributed by atoms with van der Waals surface area (Å²) in [7, 11) is 0. The maximum absolute atomic E-state index is 9.53. The third kappa shape index (κ3) is 1.97. The lowest BCUT2D eigenvalue weighted by Crippen LogP contribution is -2.45. The molecule has 1 unspecified atom stereocenters. The topological polar surface area (TPSA) is 95.2 Å². The highest BCUT2D eigenvalue weighted by atomic mass is 14.6. The highest BCUT2D eigenvalue weighted by molar-refractivity contribution is 5.53. The molecule has 0 aliphatic heterocycles. The van der Waals surface area contributed by atoms with Gasteiger partial charge in [-0.2, -0.15) is 21.0 Å². The summed E-state index contributed by atoms with van der Waals surface area (Å²) in [5.74, 6) is -0.472. The van der Waals surface area contributed by atoms with Crippen molar-refractivity contribution in [1.29, 1.82) is 21.0 Å². The maximum Gasteiger partial charge on any atom is 0.200 e. The van der Waals surface area contributed by atoms with Crippen LogP contribution in [-0.2, 0) is 0 Å². The Morgan fingerprint density at radius 2 is 1.75 bits per heavy atom. The molecular formula is C16H16N4. The van der Waals surface area contributed by atoms with E-state index in [0.29, 0.717) is 5.57 Å². The minimum absolute atomic E-state index is 0.470. The van der Waals surface area contributed by atoms with Crippen molar-refractivity contribution in [2.45, 2.75) is 33.1 Å². The number of allylic oxidation sites excluding steroid dienone is 4. The highest BCUT2D eigenvalue weighted by Gasteiger charge is 2.60. The van der Waals surface area contributed by atoms with Gasteiger partial charge >= 0.3 is 0 Å². The van der Waals surface area contributed by atoms with Crippen molar-refractivity contribution in [1.82, 2.24) is 0 Å². The molecule has 1 atom stereocenters. The molecule has 0 fully saturated rings. The van der Waals surface area contributed by atoms with E-state index in [1.54, 1.807) is 19.1 Å². The summed E-state index contributed by atoms with van der Waals surface area (Å²) in [6.45, 7) is 3.74. The first-order valence-electron chi connectivity index (χ1n) is 6.62. The standard InChI is InChI=1S/C16H16N4/c1-3-4-5-6-14-8-7-13(2)15(9-17,10-18)16(14,11-19)12-20/h6-8,13H,3-5H2,1-2H3/b14-6+. The monoisotopic (exact) mass is 264 g/mol. The van der Waals surface area contributed by atoms with Crippen LogP contribution in [0.3, 0.4) is 0 Å². The number of nitriles is 4. The zero-order valence-electron chi connectivity index (χ0n) is 11.7. The first-order valence-corrected chi connectivity index (χ1v) is 6.62. The average Bonchev–Trinajstić information content (AvgIpc) is 2.48. The molecule has 0 amide bonds. The molecule has 1 rings (SSSR count). The Hall–Kier alpha value is -2.56. The van der Waals surface area contributed by atoms with Crippen LogP contribution in [0.1, 0.15) is 33.1 Å². The van der Waals surface area contributed by atoms with Crippen LogP contribution in [0.2, 0.25) is 0 Å². The molecule has 0 spiro atoms. The summed E-state index contributed by atoms with van der Waals surface area (Å²) in [6.07, 6.45) is 7.91. The largest absolute Gasteiger partial charge is 0.200 e. The summed E-state index contributed by atoms with van der Waals surface area (Å²) in [4.78, 5) is 0. The summed E-state index contributed by atoms with van der Waals surface area (Å²) in [5.41, 5.74) is -2.92. The third-order valence-electron chi connectivity index (χ3n) is 3.88. The van der Waals surface area contributed by atoms with E-state index in [0.717, 1.165) is 19.3 Å². The van der Waals surface area contributed by atoms with Crippen LogP contribution in [0.5, 0.6) is 0 Å². The molecule has 0 bridgehead atoms. The maximum atomic E-state index is 9.53. The molecule has 0 aromatic rings. The molecule has 100 valence electrons. The Morgan fingerprint density at radius 1 is 1.15 bits per heavy atom. The van der Waals surface area contributed by atoms with Crippen molar-refractivity contribution >= 4 is 0 Å². The van der Waals surface area contributed by atoms with E-state index >= 15 is 0 Å². The van der Waals surface area contributed by atoms with E-state index in [4.69, 9.17) is 0 Å². The van der Waals surface area contributed by atoms with Crippen molar-refractivity contribution in [3.8, 4) is 24.3 Å². The van der Waals surface area contributed by atoms with E-state index in [1.165, 1.54) is 0 Å². The number of hydrogen-bond donors (Lipinski definition) is 0. The minimum Gasteiger partial charge on any atom is -0.196 e. The molecule has 0 aromatic heterocycles. The molecule has 1 aliphatic rings. The fraction of sp³-hybridized carbons (Fsp3) is 0.500. The smallest absolute Gasteiger partial charge is 0.196 e. The zero-order valence-corrected chi connectivity index (χ0v) is 11.7. The van der Waals surface area contributed by atoms with Crippen molar-refractivity contribution in [2.24, 2.45) is 16.7 Å². The molecule has 0 heterocycles. The molecule has 4 nitrogen and oxygen atoms in total. The van der Waals surface area contributed by atoms with Gasteiger partial charge in [-0.1, -0.05) is 44.9 Å². The van der Waals surface area contributed by atoms with E-state index in [2.05, 4.69) is 0 Å². The van der Waals surface area contributed by atoms with Gasteiger partial charge in [0.25, 0.3) is 0 Å². The Labute approximate surface area is 119 Å². The Morgan fingerprint density at radius 3 is 2.20 bits per heavy atom. The van der Waals surface area contributed by atoms with E-state index in [-0.39, 0.29) is 0 Å². The Bertz CT molecular complexity index is 570. The predicted molar refractivity (Wildman–Crippen MR) is 73.2 cm³/mol. The first kappa shape index (κ1) is 15.5. The number of unbranched alkanes of at least 4 members (excludes halogenated alkanes) is 2. The van der Waals surface area contributed by atoms with Gasteiger partial charge in [-0.15, -0.1) is 0 Å². The average molecular weight is 264 g/mol. The van der Waals surface area contributed by atoms with Crippen LogP contribution in [0.4, 0.5) is 0 Å². The predicted octanol–water partition coefficient (Wildman–Crippen LogP) is 3.38. The number of nitrogens with zero attached hydrogens (tertiary/aromatic N) is 4. The molecule has 0 saturated carbocycles. The van der Waals surface area contributed by atoms with Gasteiger partial charge < -0.3 is 0 Å². The van der Waals surface area contributed by atoms with Crippen molar-refractivity contribution < 1.29 is 0 Å². The van der Waals surface area contributed by atoms with Crippen molar-refractivity contribution in [3.05, 3.63) is 23.8 Å². The second-order valence-corrected chi connectivity index (χ2v) is 4.95. The molecule has 1 aliphatic carbocycles. The van der Waals surface area contributed by atoms with Gasteiger partial charge in [0, 0.05) is 5.92 Å². The Balaban J connectivity index is 3.53. The zero-order chi connectivity index (χ0) is 15.2. The molecule has 0 N–H and O–H groups in total. The van der Waals surface area contributed by atoms with Gasteiger partial charge in [0.05, 0.1) is 24.3 Å². The number of rotatable bonds is 3. The normalized spacial score (nSPS) is 24.1. The number of hydrogen-bond acceptors (Lipinski definition) is 4. The molecular weight excluding hydrogens is 248 g/mol. The van der Waals surface area contributed by atoms with Crippen LogP contribution >= 0.6 is 0 Å². The lowest BCUT2D eigenvalue weighted by molar-refractivity contribution is 0.269. The van der Waals surface area contributed by atoms with E-state index in [9.17, 15) is 21.0 Å². The van der Waals surface area contributed by atoms with Gasteiger partial charge in [0.2, 0.25) is 0 Å². The Kier molecular flexibility index (Phi) is 4.69. The van der Waals surface area contributed by atoms with Crippen LogP contribution in [0, 0.1) is 62.1 Å². The molecule has 0 aromatic carbocycles. The van der Waals surface area contributed by atoms with E-state index in [1.807, 2.05) is 37.3 Å². The van der Waals surface area contributed by atoms with E-state index < -0.39 is 16.7 Å². The molecule has 4 heteroatoms. The first-order chi connectivity index (χ1) is 9.58. The fourth-order valence-electron chi connectivity index (χ4n) is 2.50. The summed E-state index contributed by atoms with van der Waals surface area (Å²) < 4.78 is 0. The minimum atomic E-state index is -1.72. The summed E-state index contributed by atoms with van der Waals surface area (Å²) in [5, 5.41) is 38.0. The van der Waals surface area contributed by atoms with Crippen LogP contribution < -0.4 is 0 Å². The highest BCUT2D eigenvalue weighted by Crippen LogP contribution is 2.52. The van der Waals surface area contributed by atoms with Gasteiger partial charge in [-0.25, -0.2) is 0 Å². The molecule has 0 radical (unpaired) electrons. The second-order valence-electron chi connectivity index (χ2n) is 4.95. The quantitative estimate of drug-likeness (QED) is 0.730. The van der Waals surface area contributed by atoms with Gasteiger partial charge in [-0.3, -0.25) is 0 Å². The lowest BCUT2D eigenvalue weighted by Gasteiger charge is -2.38. The van der Waals surface area contributed by atoms with Crippen LogP contribution in [-0.4, -0.2) is 0 Å². The van der Waals surface area contributed by atoms with Crippen LogP contribution in [0.15, 0.2) is 23.8 Å². The summed E-state index contributed by atoms with van der Waals surface area (Å²) >= 11 is 0. The van der Waals surface area contributed by atoms with Crippen molar-refractivity contribution in [3.63, 3.8) is 0 Å². The fourth-order valence-corrected chi connectivity index (χ4v) is 2.50. The molecule has 0 saturated heterocycles. The van der Waals surface area contributed by atoms with Gasteiger partial charge in [0.1, 0.15) is 0 Å². The lowest BCUT2D eigenvalue weighted by atomic mass is 9.54. The molecule has 20 heavy (non-hydrogen) atoms. The third-order valence-corrected chi connectivity index (χ3v) is 3.88. The summed E-state index contributed by atoms with van der Waals surface area (Å²) in [6, 6.07) is 7.75. The second kappa shape index (κ2) is 6.06. The van der Waals surface area contributed by atoms with Gasteiger partial charge in [0.15, 0.2) is 10.8 Å². The van der Waals surface area contributed by atoms with Gasteiger partial charge in [-0.05, 0) is 12.0 Å². The SMILES string of the molecule is CCCC/C=C1\C=CC(C)C(C#N)(C#N)C1(C#N)C#N.